The Morgan fingerprint density at radius 1 is 0.938 bits per heavy atom. The van der Waals surface area contributed by atoms with Gasteiger partial charge < -0.3 is 38.8 Å². The van der Waals surface area contributed by atoms with Crippen molar-refractivity contribution < 1.29 is 47.6 Å². The zero-order chi connectivity index (χ0) is 45.6. The molecule has 2 fully saturated rings. The van der Waals surface area contributed by atoms with Crippen LogP contribution in [0.2, 0.25) is 12.6 Å². The van der Waals surface area contributed by atoms with Crippen molar-refractivity contribution in [3.63, 3.8) is 0 Å². The van der Waals surface area contributed by atoms with Gasteiger partial charge in [0.25, 0.3) is 11.5 Å². The summed E-state index contributed by atoms with van der Waals surface area (Å²) in [6, 6.07) is 30.3. The molecule has 1 amide bonds. The number of carbonyl (C=O) groups excluding carboxylic acids is 2. The van der Waals surface area contributed by atoms with Crippen molar-refractivity contribution in [1.29, 1.82) is 0 Å². The molecule has 2 saturated heterocycles. The van der Waals surface area contributed by atoms with E-state index in [2.05, 4.69) is 46.1 Å². The number of nitrogens with zero attached hydrogens (tertiary/aromatic N) is 3. The van der Waals surface area contributed by atoms with Crippen molar-refractivity contribution in [3.05, 3.63) is 152 Å². The molecule has 2 aromatic heterocycles. The lowest BCUT2D eigenvalue weighted by molar-refractivity contribution is -0.150. The standard InChI is InChI=1S/C43H48N5O13PSSi/c1-27-24-48(43(55)46-39(27)52)36-23-32(58-28(2)50)34(59-36)26-57-62(63,56-21-22-64(3,30-15-9-5-10-16-30)31-17-11-6-12-18-31)61-38-33(25-49)60-41(37(38)51)47-20-19-35(45-42(47)54)44-40(53)29-13-7-4-8-14-29/h4-20,24,32-34,36-38,41,49,51H,21-23,25-26H2,1-3H3,(H,46,52,55)(H,44,45,53,54)/t32-,33+,34+,36+,37+,38+,41+,62?/m0/s1. The lowest BCUT2D eigenvalue weighted by Gasteiger charge is -2.32. The van der Waals surface area contributed by atoms with E-state index in [1.807, 2.05) is 36.4 Å². The van der Waals surface area contributed by atoms with Crippen molar-refractivity contribution in [2.45, 2.75) is 75.8 Å². The van der Waals surface area contributed by atoms with Gasteiger partial charge in [-0.2, -0.15) is 4.98 Å². The fourth-order valence-electron chi connectivity index (χ4n) is 7.68. The smallest absolute Gasteiger partial charge is 0.351 e. The van der Waals surface area contributed by atoms with E-state index < -0.39 is 93.2 Å². The van der Waals surface area contributed by atoms with E-state index in [0.29, 0.717) is 11.6 Å². The number of hydrogen-bond donors (Lipinski definition) is 4. The molecule has 64 heavy (non-hydrogen) atoms. The lowest BCUT2D eigenvalue weighted by atomic mass is 10.1. The van der Waals surface area contributed by atoms with Crippen LogP contribution >= 0.6 is 6.72 Å². The van der Waals surface area contributed by atoms with E-state index in [-0.39, 0.29) is 31.0 Å². The number of rotatable bonds is 17. The highest BCUT2D eigenvalue weighted by atomic mass is 32.5. The van der Waals surface area contributed by atoms with Gasteiger partial charge in [0.05, 0.1) is 19.8 Å². The van der Waals surface area contributed by atoms with Crippen molar-refractivity contribution in [2.75, 3.05) is 25.1 Å². The molecule has 0 spiro atoms. The SMILES string of the molecule is CC(=O)O[C@H]1C[C@H](n2cc(C)c(=O)[nH]c2=O)O[C@@H]1COP(=S)(OCC[Si](C)(c1ccccc1)c1ccccc1)O[C@H]1[C@@H](O)[C@H](n2ccc(NC(=O)c3ccccc3)nc2=O)O[C@@H]1CO. The summed E-state index contributed by atoms with van der Waals surface area (Å²) in [6.45, 7) is -0.104. The fraction of sp³-hybridized carbons (Fsp3) is 0.349. The molecule has 5 aromatic rings. The monoisotopic (exact) mass is 933 g/mol. The Kier molecular flexibility index (Phi) is 14.8. The predicted molar refractivity (Wildman–Crippen MR) is 240 cm³/mol. The maximum Gasteiger partial charge on any atom is 0.351 e. The van der Waals surface area contributed by atoms with Gasteiger partial charge in [-0.15, -0.1) is 0 Å². The van der Waals surface area contributed by atoms with E-state index in [9.17, 15) is 34.2 Å². The molecular weight excluding hydrogens is 886 g/mol. The average molecular weight is 934 g/mol. The fourth-order valence-corrected chi connectivity index (χ4v) is 13.2. The third kappa shape index (κ3) is 10.6. The Morgan fingerprint density at radius 3 is 2.19 bits per heavy atom. The molecule has 0 aliphatic carbocycles. The number of aliphatic hydroxyl groups is 2. The van der Waals surface area contributed by atoms with Crippen LogP contribution in [0.15, 0.2) is 124 Å². The summed E-state index contributed by atoms with van der Waals surface area (Å²) >= 11 is 6.06. The normalized spacial score (nSPS) is 23.0. The number of hydrogen-bond acceptors (Lipinski definition) is 15. The highest BCUT2D eigenvalue weighted by Crippen LogP contribution is 2.54. The number of esters is 1. The first-order valence-electron chi connectivity index (χ1n) is 20.4. The molecule has 2 aliphatic rings. The van der Waals surface area contributed by atoms with E-state index in [4.69, 9.17) is 39.6 Å². The summed E-state index contributed by atoms with van der Waals surface area (Å²) in [6.07, 6.45) is -6.02. The van der Waals surface area contributed by atoms with Crippen LogP contribution in [-0.4, -0.2) is 99.6 Å². The van der Waals surface area contributed by atoms with Gasteiger partial charge in [0.15, 0.2) is 6.23 Å². The number of aliphatic hydroxyl groups excluding tert-OH is 2. The molecule has 0 radical (unpaired) electrons. The third-order valence-electron chi connectivity index (χ3n) is 11.1. The van der Waals surface area contributed by atoms with Gasteiger partial charge in [-0.05, 0) is 43.0 Å². The zero-order valence-electron chi connectivity index (χ0n) is 35.1. The minimum Gasteiger partial charge on any atom is -0.460 e. The molecule has 3 aromatic carbocycles. The molecule has 8 atom stereocenters. The average Bonchev–Trinajstić information content (AvgIpc) is 3.83. The topological polar surface area (TPSA) is 232 Å². The number of anilines is 1. The molecule has 21 heteroatoms. The van der Waals surface area contributed by atoms with Crippen LogP contribution in [0.5, 0.6) is 0 Å². The van der Waals surface area contributed by atoms with Crippen LogP contribution in [0, 0.1) is 6.92 Å². The maximum absolute atomic E-state index is 13.3. The van der Waals surface area contributed by atoms with Gasteiger partial charge in [0.2, 0.25) is 0 Å². The van der Waals surface area contributed by atoms with Crippen LogP contribution in [0.1, 0.15) is 41.7 Å². The lowest BCUT2D eigenvalue weighted by Crippen LogP contribution is -2.56. The van der Waals surface area contributed by atoms with Crippen LogP contribution < -0.4 is 32.6 Å². The van der Waals surface area contributed by atoms with Gasteiger partial charge in [0, 0.05) is 36.9 Å². The molecule has 2 aliphatic heterocycles. The van der Waals surface area contributed by atoms with Gasteiger partial charge in [0.1, 0.15) is 50.6 Å². The Labute approximate surface area is 373 Å². The Morgan fingerprint density at radius 2 is 1.58 bits per heavy atom. The number of aryl methyl sites for hydroxylation is 1. The van der Waals surface area contributed by atoms with E-state index >= 15 is 0 Å². The predicted octanol–water partition coefficient (Wildman–Crippen LogP) is 2.36. The minimum atomic E-state index is -4.02. The molecule has 338 valence electrons. The second-order valence-electron chi connectivity index (χ2n) is 15.5. The van der Waals surface area contributed by atoms with Crippen molar-refractivity contribution in [1.82, 2.24) is 19.1 Å². The molecule has 1 unspecified atom stereocenters. The van der Waals surface area contributed by atoms with E-state index in [1.54, 1.807) is 30.3 Å². The molecule has 18 nitrogen and oxygen atoms in total. The molecule has 4 heterocycles. The number of nitrogens with one attached hydrogen (secondary N) is 2. The summed E-state index contributed by atoms with van der Waals surface area (Å²) < 4.78 is 39.1. The van der Waals surface area contributed by atoms with Crippen LogP contribution in [0.25, 0.3) is 0 Å². The number of carbonyl (C=O) groups is 2. The first kappa shape index (κ1) is 46.7. The second-order valence-corrected chi connectivity index (χ2v) is 22.8. The number of ether oxygens (including phenoxy) is 3. The number of aromatic amines is 1. The van der Waals surface area contributed by atoms with Crippen LogP contribution in [0.3, 0.4) is 0 Å². The van der Waals surface area contributed by atoms with Gasteiger partial charge in [-0.1, -0.05) is 95.8 Å². The Bertz CT molecular complexity index is 2620. The number of amides is 1. The molecular formula is C43H48N5O13PSSi. The summed E-state index contributed by atoms with van der Waals surface area (Å²) in [4.78, 5) is 69.5. The highest BCUT2D eigenvalue weighted by Gasteiger charge is 2.49. The summed E-state index contributed by atoms with van der Waals surface area (Å²) in [5, 5.41) is 27.1. The third-order valence-corrected chi connectivity index (χ3v) is 17.9. The van der Waals surface area contributed by atoms with Gasteiger partial charge in [-0.25, -0.2) is 9.59 Å². The molecule has 0 saturated carbocycles. The number of H-pyrrole nitrogens is 1. The molecule has 7 rings (SSSR count). The molecule has 4 N–H and O–H groups in total. The maximum atomic E-state index is 13.3. The first-order chi connectivity index (χ1) is 30.7. The largest absolute Gasteiger partial charge is 0.460 e. The first-order valence-corrected chi connectivity index (χ1v) is 25.7. The number of aromatic nitrogens is 4. The van der Waals surface area contributed by atoms with Crippen LogP contribution in [-0.2, 0) is 44.4 Å². The Hall–Kier alpha value is -5.25. The van der Waals surface area contributed by atoms with Gasteiger partial charge >= 0.3 is 24.1 Å². The second kappa shape index (κ2) is 20.3. The van der Waals surface area contributed by atoms with E-state index in [0.717, 1.165) is 14.9 Å². The van der Waals surface area contributed by atoms with Gasteiger partial charge in [-0.3, -0.25) is 33.0 Å². The van der Waals surface area contributed by atoms with Crippen LogP contribution in [0.4, 0.5) is 5.82 Å². The van der Waals surface area contributed by atoms with Crippen molar-refractivity contribution in [3.8, 4) is 0 Å². The summed E-state index contributed by atoms with van der Waals surface area (Å²) in [7, 11) is -2.50. The summed E-state index contributed by atoms with van der Waals surface area (Å²) in [5.41, 5.74) is -1.57. The van der Waals surface area contributed by atoms with E-state index in [1.165, 1.54) is 36.9 Å². The molecule has 0 bridgehead atoms. The summed E-state index contributed by atoms with van der Waals surface area (Å²) in [5.74, 6) is -1.16. The highest BCUT2D eigenvalue weighted by molar-refractivity contribution is 8.07. The Balaban J connectivity index is 1.15. The zero-order valence-corrected chi connectivity index (χ0v) is 37.8. The van der Waals surface area contributed by atoms with Crippen molar-refractivity contribution >= 4 is 54.7 Å². The number of benzene rings is 3. The van der Waals surface area contributed by atoms with Crippen molar-refractivity contribution in [2.24, 2.45) is 0 Å². The minimum absolute atomic E-state index is 0.0165. The quantitative estimate of drug-likeness (QED) is 0.0596.